The maximum absolute atomic E-state index is 12.2. The number of amides is 1. The minimum Gasteiger partial charge on any atom is -0.481 e. The monoisotopic (exact) mass is 268 g/mol. The van der Waals surface area contributed by atoms with Crippen molar-refractivity contribution < 1.29 is 9.53 Å². The van der Waals surface area contributed by atoms with Crippen LogP contribution in [0.1, 0.15) is 33.9 Å². The smallest absolute Gasteiger partial charge is 0.253 e. The summed E-state index contributed by atoms with van der Waals surface area (Å²) in [6.07, 6.45) is 3.51. The van der Waals surface area contributed by atoms with Gasteiger partial charge in [0, 0.05) is 12.3 Å². The first kappa shape index (κ1) is 12.7. The van der Waals surface area contributed by atoms with Crippen molar-refractivity contribution in [2.45, 2.75) is 18.9 Å². The highest BCUT2D eigenvalue weighted by Crippen LogP contribution is 2.30. The molecule has 1 aromatic carbocycles. The van der Waals surface area contributed by atoms with E-state index in [1.54, 1.807) is 19.2 Å². The SMILES string of the molecule is COc1ccc(C(=O)NC2CCc3ccccc32)cn1. The lowest BCUT2D eigenvalue weighted by atomic mass is 10.1. The average molecular weight is 268 g/mol. The number of pyridine rings is 1. The molecule has 0 aliphatic heterocycles. The van der Waals surface area contributed by atoms with Crippen LogP contribution in [0.5, 0.6) is 5.88 Å². The van der Waals surface area contributed by atoms with Crippen LogP contribution in [-0.4, -0.2) is 18.0 Å². The number of ether oxygens (including phenoxy) is 1. The Morgan fingerprint density at radius 3 is 2.90 bits per heavy atom. The van der Waals surface area contributed by atoms with Gasteiger partial charge in [-0.05, 0) is 30.0 Å². The fourth-order valence-corrected chi connectivity index (χ4v) is 2.58. The number of rotatable bonds is 3. The van der Waals surface area contributed by atoms with Gasteiger partial charge in [-0.25, -0.2) is 4.98 Å². The number of fused-ring (bicyclic) bond motifs is 1. The summed E-state index contributed by atoms with van der Waals surface area (Å²) < 4.78 is 4.99. The minimum absolute atomic E-state index is 0.0955. The van der Waals surface area contributed by atoms with Crippen LogP contribution < -0.4 is 10.1 Å². The third-order valence-electron chi connectivity index (χ3n) is 3.65. The van der Waals surface area contributed by atoms with Gasteiger partial charge in [0.1, 0.15) is 0 Å². The second-order valence-corrected chi connectivity index (χ2v) is 4.85. The number of benzene rings is 1. The largest absolute Gasteiger partial charge is 0.481 e. The summed E-state index contributed by atoms with van der Waals surface area (Å²) in [7, 11) is 1.55. The molecule has 0 saturated heterocycles. The Hall–Kier alpha value is -2.36. The van der Waals surface area contributed by atoms with Crippen LogP contribution in [0.15, 0.2) is 42.6 Å². The second kappa shape index (κ2) is 5.33. The molecule has 1 atom stereocenters. The average Bonchev–Trinajstić information content (AvgIpc) is 2.91. The van der Waals surface area contributed by atoms with E-state index >= 15 is 0 Å². The van der Waals surface area contributed by atoms with E-state index in [2.05, 4.69) is 22.4 Å². The first-order chi connectivity index (χ1) is 9.78. The van der Waals surface area contributed by atoms with Gasteiger partial charge < -0.3 is 10.1 Å². The van der Waals surface area contributed by atoms with Gasteiger partial charge in [0.15, 0.2) is 0 Å². The van der Waals surface area contributed by atoms with Crippen LogP contribution in [0.3, 0.4) is 0 Å². The number of carbonyl (C=O) groups excluding carboxylic acids is 1. The lowest BCUT2D eigenvalue weighted by molar-refractivity contribution is 0.0936. The number of hydrogen-bond acceptors (Lipinski definition) is 3. The van der Waals surface area contributed by atoms with Crippen LogP contribution >= 0.6 is 0 Å². The number of nitrogens with one attached hydrogen (secondary N) is 1. The Balaban J connectivity index is 1.73. The highest BCUT2D eigenvalue weighted by atomic mass is 16.5. The zero-order chi connectivity index (χ0) is 13.9. The molecular formula is C16H16N2O2. The molecule has 1 N–H and O–H groups in total. The predicted octanol–water partition coefficient (Wildman–Crippen LogP) is 2.51. The van der Waals surface area contributed by atoms with E-state index in [4.69, 9.17) is 4.74 Å². The molecule has 1 heterocycles. The minimum atomic E-state index is -0.0955. The van der Waals surface area contributed by atoms with Gasteiger partial charge in [0.2, 0.25) is 5.88 Å². The summed E-state index contributed by atoms with van der Waals surface area (Å²) in [6.45, 7) is 0. The molecule has 0 saturated carbocycles. The molecule has 1 aliphatic rings. The van der Waals surface area contributed by atoms with E-state index in [-0.39, 0.29) is 11.9 Å². The Morgan fingerprint density at radius 1 is 1.30 bits per heavy atom. The van der Waals surface area contributed by atoms with Crippen molar-refractivity contribution in [2.75, 3.05) is 7.11 Å². The van der Waals surface area contributed by atoms with Gasteiger partial charge in [0.05, 0.1) is 18.7 Å². The molecule has 0 fully saturated rings. The molecule has 1 aliphatic carbocycles. The third-order valence-corrected chi connectivity index (χ3v) is 3.65. The van der Waals surface area contributed by atoms with E-state index in [0.717, 1.165) is 12.8 Å². The zero-order valence-electron chi connectivity index (χ0n) is 11.3. The highest BCUT2D eigenvalue weighted by Gasteiger charge is 2.23. The van der Waals surface area contributed by atoms with Crippen molar-refractivity contribution in [1.82, 2.24) is 10.3 Å². The molecule has 4 nitrogen and oxygen atoms in total. The molecule has 1 aromatic heterocycles. The van der Waals surface area contributed by atoms with Crippen LogP contribution in [0.4, 0.5) is 0 Å². The standard InChI is InChI=1S/C16H16N2O2/c1-20-15-9-7-12(10-17-15)16(19)18-14-8-6-11-4-2-3-5-13(11)14/h2-5,7,9-10,14H,6,8H2,1H3,(H,18,19). The summed E-state index contributed by atoms with van der Waals surface area (Å²) in [6, 6.07) is 11.8. The van der Waals surface area contributed by atoms with Crippen LogP contribution in [0.2, 0.25) is 0 Å². The lowest BCUT2D eigenvalue weighted by Gasteiger charge is -2.14. The normalized spacial score (nSPS) is 16.6. The van der Waals surface area contributed by atoms with Crippen molar-refractivity contribution in [3.8, 4) is 5.88 Å². The molecule has 2 aromatic rings. The van der Waals surface area contributed by atoms with Crippen molar-refractivity contribution >= 4 is 5.91 Å². The van der Waals surface area contributed by atoms with Crippen LogP contribution in [-0.2, 0) is 6.42 Å². The highest BCUT2D eigenvalue weighted by molar-refractivity contribution is 5.94. The molecule has 0 spiro atoms. The Kier molecular flexibility index (Phi) is 3.37. The van der Waals surface area contributed by atoms with Crippen LogP contribution in [0, 0.1) is 0 Å². The fourth-order valence-electron chi connectivity index (χ4n) is 2.58. The first-order valence-electron chi connectivity index (χ1n) is 6.66. The van der Waals surface area contributed by atoms with E-state index in [0.29, 0.717) is 11.4 Å². The lowest BCUT2D eigenvalue weighted by Crippen LogP contribution is -2.27. The zero-order valence-corrected chi connectivity index (χ0v) is 11.3. The molecular weight excluding hydrogens is 252 g/mol. The summed E-state index contributed by atoms with van der Waals surface area (Å²) >= 11 is 0. The fraction of sp³-hybridized carbons (Fsp3) is 0.250. The van der Waals surface area contributed by atoms with E-state index in [9.17, 15) is 4.79 Å². The van der Waals surface area contributed by atoms with Gasteiger partial charge in [-0.2, -0.15) is 0 Å². The molecule has 4 heteroatoms. The topological polar surface area (TPSA) is 51.2 Å². The predicted molar refractivity (Wildman–Crippen MR) is 75.8 cm³/mol. The van der Waals surface area contributed by atoms with Crippen molar-refractivity contribution in [2.24, 2.45) is 0 Å². The van der Waals surface area contributed by atoms with Gasteiger partial charge in [-0.1, -0.05) is 24.3 Å². The van der Waals surface area contributed by atoms with E-state index in [1.165, 1.54) is 17.3 Å². The summed E-state index contributed by atoms with van der Waals surface area (Å²) in [5.41, 5.74) is 3.10. The van der Waals surface area contributed by atoms with E-state index < -0.39 is 0 Å². The van der Waals surface area contributed by atoms with Crippen molar-refractivity contribution in [3.63, 3.8) is 0 Å². The Bertz CT molecular complexity index is 623. The molecule has 3 rings (SSSR count). The number of hydrogen-bond donors (Lipinski definition) is 1. The van der Waals surface area contributed by atoms with Crippen molar-refractivity contribution in [1.29, 1.82) is 0 Å². The number of nitrogens with zero attached hydrogens (tertiary/aromatic N) is 1. The summed E-state index contributed by atoms with van der Waals surface area (Å²) in [4.78, 5) is 16.3. The van der Waals surface area contributed by atoms with Gasteiger partial charge in [-0.3, -0.25) is 4.79 Å². The quantitative estimate of drug-likeness (QED) is 0.930. The summed E-state index contributed by atoms with van der Waals surface area (Å²) in [5.74, 6) is 0.412. The maximum Gasteiger partial charge on any atom is 0.253 e. The maximum atomic E-state index is 12.2. The third kappa shape index (κ3) is 2.37. The number of aromatic nitrogens is 1. The molecule has 0 radical (unpaired) electrons. The molecule has 20 heavy (non-hydrogen) atoms. The number of methoxy groups -OCH3 is 1. The first-order valence-corrected chi connectivity index (χ1v) is 6.66. The van der Waals surface area contributed by atoms with Crippen LogP contribution in [0.25, 0.3) is 0 Å². The molecule has 1 amide bonds. The van der Waals surface area contributed by atoms with Gasteiger partial charge in [0.25, 0.3) is 5.91 Å². The van der Waals surface area contributed by atoms with Gasteiger partial charge >= 0.3 is 0 Å². The van der Waals surface area contributed by atoms with Gasteiger partial charge in [-0.15, -0.1) is 0 Å². The summed E-state index contributed by atoms with van der Waals surface area (Å²) in [5, 5.41) is 3.07. The molecule has 1 unspecified atom stereocenters. The van der Waals surface area contributed by atoms with Crippen molar-refractivity contribution in [3.05, 3.63) is 59.3 Å². The number of aryl methyl sites for hydroxylation is 1. The Labute approximate surface area is 117 Å². The molecule has 102 valence electrons. The number of carbonyl (C=O) groups is 1. The Morgan fingerprint density at radius 2 is 2.15 bits per heavy atom. The molecule has 0 bridgehead atoms. The second-order valence-electron chi connectivity index (χ2n) is 4.85. The van der Waals surface area contributed by atoms with E-state index in [1.807, 2.05) is 12.1 Å².